The maximum Gasteiger partial charge on any atom is 0.0916 e. The number of benzene rings is 1. The van der Waals surface area contributed by atoms with Gasteiger partial charge in [-0.15, -0.1) is 0 Å². The van der Waals surface area contributed by atoms with Crippen LogP contribution in [-0.4, -0.2) is 15.8 Å². The van der Waals surface area contributed by atoms with Crippen molar-refractivity contribution in [3.63, 3.8) is 0 Å². The number of nitrogens with zero attached hydrogens (tertiary/aromatic N) is 2. The van der Waals surface area contributed by atoms with Gasteiger partial charge < -0.3 is 5.73 Å². The number of aromatic nitrogens is 2. The summed E-state index contributed by atoms with van der Waals surface area (Å²) in [5.74, 6) is 0. The van der Waals surface area contributed by atoms with Gasteiger partial charge in [0.25, 0.3) is 0 Å². The second-order valence-electron chi connectivity index (χ2n) is 4.35. The van der Waals surface area contributed by atoms with E-state index in [0.717, 1.165) is 4.47 Å². The fourth-order valence-electron chi connectivity index (χ4n) is 1.93. The van der Waals surface area contributed by atoms with Gasteiger partial charge in [0, 0.05) is 12.2 Å². The van der Waals surface area contributed by atoms with Gasteiger partial charge in [-0.3, -0.25) is 4.68 Å². The van der Waals surface area contributed by atoms with Gasteiger partial charge in [-0.2, -0.15) is 5.10 Å². The van der Waals surface area contributed by atoms with Crippen molar-refractivity contribution in [2.45, 2.75) is 25.9 Å². The molecule has 2 N–H and O–H groups in total. The van der Waals surface area contributed by atoms with Crippen molar-refractivity contribution in [1.82, 2.24) is 9.78 Å². The van der Waals surface area contributed by atoms with E-state index in [2.05, 4.69) is 52.2 Å². The first-order chi connectivity index (χ1) is 8.08. The van der Waals surface area contributed by atoms with Crippen LogP contribution in [0.5, 0.6) is 0 Å². The van der Waals surface area contributed by atoms with Crippen LogP contribution >= 0.6 is 15.9 Å². The molecule has 0 saturated heterocycles. The molecule has 0 bridgehead atoms. The molecule has 2 rings (SSSR count). The summed E-state index contributed by atoms with van der Waals surface area (Å²) in [6.07, 6.45) is 3.73. The van der Waals surface area contributed by atoms with Gasteiger partial charge in [0.05, 0.1) is 16.7 Å². The lowest BCUT2D eigenvalue weighted by Gasteiger charge is -2.22. The first kappa shape index (κ1) is 12.3. The van der Waals surface area contributed by atoms with Crippen LogP contribution in [0.1, 0.15) is 24.1 Å². The summed E-state index contributed by atoms with van der Waals surface area (Å²) < 4.78 is 2.87. The molecule has 2 aromatic rings. The summed E-state index contributed by atoms with van der Waals surface area (Å²) in [5.41, 5.74) is 8.50. The smallest absolute Gasteiger partial charge is 0.0916 e. The summed E-state index contributed by atoms with van der Waals surface area (Å²) >= 11 is 3.41. The molecule has 0 spiro atoms. The van der Waals surface area contributed by atoms with E-state index in [1.165, 1.54) is 11.1 Å². The highest BCUT2D eigenvalue weighted by atomic mass is 79.9. The number of aryl methyl sites for hydroxylation is 1. The zero-order chi connectivity index (χ0) is 12.4. The molecule has 0 radical (unpaired) electrons. The Morgan fingerprint density at radius 1 is 1.29 bits per heavy atom. The van der Waals surface area contributed by atoms with Gasteiger partial charge in [-0.1, -0.05) is 29.8 Å². The maximum absolute atomic E-state index is 6.07. The minimum atomic E-state index is 0.00417. The molecule has 4 heteroatoms. The second-order valence-corrected chi connectivity index (χ2v) is 5.27. The molecule has 2 unspecified atom stereocenters. The van der Waals surface area contributed by atoms with Crippen molar-refractivity contribution in [2.75, 3.05) is 0 Å². The Bertz CT molecular complexity index is 488. The zero-order valence-electron chi connectivity index (χ0n) is 9.97. The van der Waals surface area contributed by atoms with Gasteiger partial charge in [-0.05, 0) is 35.3 Å². The van der Waals surface area contributed by atoms with Crippen LogP contribution in [0.3, 0.4) is 0 Å². The van der Waals surface area contributed by atoms with Gasteiger partial charge in [0.1, 0.15) is 0 Å². The second kappa shape index (κ2) is 5.02. The molecule has 0 aliphatic carbocycles. The monoisotopic (exact) mass is 293 g/mol. The van der Waals surface area contributed by atoms with Crippen LogP contribution in [0.25, 0.3) is 0 Å². The normalized spacial score (nSPS) is 14.6. The van der Waals surface area contributed by atoms with Crippen LogP contribution in [0.15, 0.2) is 41.1 Å². The fraction of sp³-hybridized carbons (Fsp3) is 0.308. The molecule has 2 atom stereocenters. The number of nitrogens with two attached hydrogens (primary N) is 1. The number of halogens is 1. The van der Waals surface area contributed by atoms with Gasteiger partial charge in [0.2, 0.25) is 0 Å². The first-order valence-electron chi connectivity index (χ1n) is 5.59. The van der Waals surface area contributed by atoms with Crippen molar-refractivity contribution in [3.8, 4) is 0 Å². The van der Waals surface area contributed by atoms with Crippen LogP contribution in [0.2, 0.25) is 0 Å². The third kappa shape index (κ3) is 2.76. The summed E-state index contributed by atoms with van der Waals surface area (Å²) in [5, 5.41) is 4.33. The van der Waals surface area contributed by atoms with Crippen LogP contribution < -0.4 is 5.73 Å². The van der Waals surface area contributed by atoms with Crippen molar-refractivity contribution in [1.29, 1.82) is 0 Å². The molecule has 1 aromatic heterocycles. The van der Waals surface area contributed by atoms with E-state index in [4.69, 9.17) is 5.73 Å². The Morgan fingerprint density at radius 2 is 1.94 bits per heavy atom. The highest BCUT2D eigenvalue weighted by Gasteiger charge is 2.18. The summed E-state index contributed by atoms with van der Waals surface area (Å²) in [4.78, 5) is 0. The van der Waals surface area contributed by atoms with E-state index in [9.17, 15) is 0 Å². The molecule has 3 nitrogen and oxygen atoms in total. The Balaban J connectivity index is 2.39. The zero-order valence-corrected chi connectivity index (χ0v) is 11.6. The summed E-state index contributed by atoms with van der Waals surface area (Å²) in [7, 11) is 0. The Labute approximate surface area is 110 Å². The maximum atomic E-state index is 6.07. The highest BCUT2D eigenvalue weighted by Crippen LogP contribution is 2.22. The van der Waals surface area contributed by atoms with E-state index in [1.807, 2.05) is 17.8 Å². The molecular formula is C13H16BrN3. The molecule has 0 aliphatic rings. The first-order valence-corrected chi connectivity index (χ1v) is 6.39. The van der Waals surface area contributed by atoms with Crippen molar-refractivity contribution in [2.24, 2.45) is 5.73 Å². The van der Waals surface area contributed by atoms with Crippen molar-refractivity contribution < 1.29 is 0 Å². The third-order valence-corrected chi connectivity index (χ3v) is 3.18. The minimum Gasteiger partial charge on any atom is -0.326 e. The van der Waals surface area contributed by atoms with E-state index >= 15 is 0 Å². The molecule has 0 fully saturated rings. The number of hydrogen-bond acceptors (Lipinski definition) is 2. The van der Waals surface area contributed by atoms with Crippen molar-refractivity contribution >= 4 is 15.9 Å². The Morgan fingerprint density at radius 3 is 2.41 bits per heavy atom. The van der Waals surface area contributed by atoms with E-state index in [1.54, 1.807) is 6.20 Å². The molecule has 1 aromatic carbocycles. The molecular weight excluding hydrogens is 278 g/mol. The predicted octanol–water partition coefficient (Wildman–Crippen LogP) is 2.89. The SMILES string of the molecule is Cc1ccc(C(C(C)N)n2cc(Br)cn2)cc1. The van der Waals surface area contributed by atoms with Gasteiger partial charge >= 0.3 is 0 Å². The van der Waals surface area contributed by atoms with Crippen LogP contribution in [-0.2, 0) is 0 Å². The van der Waals surface area contributed by atoms with E-state index < -0.39 is 0 Å². The standard InChI is InChI=1S/C13H16BrN3/c1-9-3-5-11(6-4-9)13(10(2)15)17-8-12(14)7-16-17/h3-8,10,13H,15H2,1-2H3. The number of hydrogen-bond donors (Lipinski definition) is 1. The molecule has 0 aliphatic heterocycles. The Kier molecular flexibility index (Phi) is 3.64. The lowest BCUT2D eigenvalue weighted by atomic mass is 10.0. The largest absolute Gasteiger partial charge is 0.326 e. The minimum absolute atomic E-state index is 0.00417. The average molecular weight is 294 g/mol. The lowest BCUT2D eigenvalue weighted by Crippen LogP contribution is -2.30. The molecule has 0 saturated carbocycles. The van der Waals surface area contributed by atoms with Gasteiger partial charge in [0.15, 0.2) is 0 Å². The van der Waals surface area contributed by atoms with Gasteiger partial charge in [-0.25, -0.2) is 0 Å². The van der Waals surface area contributed by atoms with Crippen molar-refractivity contribution in [3.05, 3.63) is 52.3 Å². The lowest BCUT2D eigenvalue weighted by molar-refractivity contribution is 0.454. The fourth-order valence-corrected chi connectivity index (χ4v) is 2.23. The summed E-state index contributed by atoms with van der Waals surface area (Å²) in [6, 6.07) is 8.50. The van der Waals surface area contributed by atoms with E-state index in [0.29, 0.717) is 0 Å². The quantitative estimate of drug-likeness (QED) is 0.946. The molecule has 17 heavy (non-hydrogen) atoms. The molecule has 1 heterocycles. The van der Waals surface area contributed by atoms with Crippen LogP contribution in [0, 0.1) is 6.92 Å². The summed E-state index contributed by atoms with van der Waals surface area (Å²) in [6.45, 7) is 4.08. The third-order valence-electron chi connectivity index (χ3n) is 2.77. The van der Waals surface area contributed by atoms with Crippen LogP contribution in [0.4, 0.5) is 0 Å². The number of rotatable bonds is 3. The Hall–Kier alpha value is -1.13. The highest BCUT2D eigenvalue weighted by molar-refractivity contribution is 9.10. The topological polar surface area (TPSA) is 43.8 Å². The predicted molar refractivity (Wildman–Crippen MR) is 72.9 cm³/mol. The molecule has 90 valence electrons. The molecule has 0 amide bonds. The van der Waals surface area contributed by atoms with E-state index in [-0.39, 0.29) is 12.1 Å². The average Bonchev–Trinajstić information content (AvgIpc) is 2.68.